The van der Waals surface area contributed by atoms with Gasteiger partial charge in [-0.2, -0.15) is 0 Å². The van der Waals surface area contributed by atoms with Crippen LogP contribution >= 0.6 is 0 Å². The number of aryl methyl sites for hydroxylation is 4. The van der Waals surface area contributed by atoms with Gasteiger partial charge in [-0.25, -0.2) is 0 Å². The van der Waals surface area contributed by atoms with E-state index in [2.05, 4.69) is 37.0 Å². The van der Waals surface area contributed by atoms with Crippen molar-refractivity contribution in [1.82, 2.24) is 0 Å². The zero-order valence-corrected chi connectivity index (χ0v) is 12.8. The number of rotatable bonds is 0. The van der Waals surface area contributed by atoms with Crippen molar-refractivity contribution in [1.29, 1.82) is 5.39 Å². The van der Waals surface area contributed by atoms with Gasteiger partial charge in [0.15, 0.2) is 4.98 Å². The Bertz CT molecular complexity index is 723. The molecule has 0 spiro atoms. The molecule has 2 aromatic rings. The highest BCUT2D eigenvalue weighted by Gasteiger charge is 2.16. The van der Waals surface area contributed by atoms with E-state index in [0.29, 0.717) is 5.69 Å². The average Bonchev–Trinajstić information content (AvgIpc) is 2.50. The third-order valence-corrected chi connectivity index (χ3v) is 4.84. The van der Waals surface area contributed by atoms with Crippen LogP contribution in [-0.2, 0) is 25.7 Å². The smallest absolute Gasteiger partial charge is 0.0617 e. The summed E-state index contributed by atoms with van der Waals surface area (Å²) in [6, 6.07) is 10.7. The van der Waals surface area contributed by atoms with Gasteiger partial charge in [-0.3, -0.25) is 0 Å². The standard InChI is InChI=1S/C19H21N2/c1-13-15-5-3-7-16(13)9-10-18-12-19(21-20)11-17(14(18)2)8-4-6-15/h3,5,7,11-12H,4,6,8-10H2,1-2H3/q+1. The third-order valence-electron chi connectivity index (χ3n) is 4.84. The van der Waals surface area contributed by atoms with E-state index >= 15 is 0 Å². The van der Waals surface area contributed by atoms with Gasteiger partial charge in [-0.15, -0.1) is 0 Å². The summed E-state index contributed by atoms with van der Waals surface area (Å²) < 4.78 is 0. The van der Waals surface area contributed by atoms with Crippen molar-refractivity contribution in [2.75, 3.05) is 0 Å². The Balaban J connectivity index is 2.06. The third kappa shape index (κ3) is 2.69. The van der Waals surface area contributed by atoms with Crippen LogP contribution in [0.1, 0.15) is 39.8 Å². The summed E-state index contributed by atoms with van der Waals surface area (Å²) in [5.41, 5.74) is 9.08. The zero-order chi connectivity index (χ0) is 14.8. The minimum atomic E-state index is 0.688. The lowest BCUT2D eigenvalue weighted by Crippen LogP contribution is -1.99. The molecule has 1 aliphatic rings. The number of hydrogen-bond donors (Lipinski definition) is 0. The lowest BCUT2D eigenvalue weighted by Gasteiger charge is -2.10. The minimum Gasteiger partial charge on any atom is -0.0617 e. The molecule has 0 aliphatic heterocycles. The Kier molecular flexibility index (Phi) is 3.75. The zero-order valence-electron chi connectivity index (χ0n) is 12.8. The normalized spacial score (nSPS) is 14.1. The monoisotopic (exact) mass is 277 g/mol. The molecule has 0 N–H and O–H groups in total. The number of benzene rings is 2. The van der Waals surface area contributed by atoms with Gasteiger partial charge in [0, 0.05) is 12.1 Å². The molecule has 0 saturated heterocycles. The molecule has 0 radical (unpaired) electrons. The van der Waals surface area contributed by atoms with Crippen molar-refractivity contribution >= 4 is 5.69 Å². The van der Waals surface area contributed by atoms with Crippen molar-refractivity contribution in [3.63, 3.8) is 0 Å². The molecule has 2 heteroatoms. The Morgan fingerprint density at radius 1 is 0.810 bits per heavy atom. The molecule has 3 rings (SSSR count). The quantitative estimate of drug-likeness (QED) is 0.618. The van der Waals surface area contributed by atoms with E-state index < -0.39 is 0 Å². The Hall–Kier alpha value is -2.14. The summed E-state index contributed by atoms with van der Waals surface area (Å²) in [6.07, 6.45) is 5.36. The van der Waals surface area contributed by atoms with Crippen LogP contribution in [0.2, 0.25) is 0 Å². The molecule has 21 heavy (non-hydrogen) atoms. The van der Waals surface area contributed by atoms with E-state index in [4.69, 9.17) is 5.39 Å². The SMILES string of the molecule is Cc1c2cccc1CCc1cc([N+]#N)cc(c1C)CCC2. The molecule has 0 atom stereocenters. The summed E-state index contributed by atoms with van der Waals surface area (Å²) in [7, 11) is 0. The van der Waals surface area contributed by atoms with Crippen LogP contribution in [0.4, 0.5) is 5.69 Å². The second-order valence-electron chi connectivity index (χ2n) is 6.04. The van der Waals surface area contributed by atoms with E-state index in [1.54, 1.807) is 0 Å². The first-order chi connectivity index (χ1) is 10.2. The summed E-state index contributed by atoms with van der Waals surface area (Å²) in [4.78, 5) is 3.41. The van der Waals surface area contributed by atoms with Gasteiger partial charge < -0.3 is 0 Å². The molecule has 4 bridgehead atoms. The molecule has 0 heterocycles. The van der Waals surface area contributed by atoms with Crippen LogP contribution in [-0.4, -0.2) is 0 Å². The predicted molar refractivity (Wildman–Crippen MR) is 86.5 cm³/mol. The summed E-state index contributed by atoms with van der Waals surface area (Å²) >= 11 is 0. The highest BCUT2D eigenvalue weighted by Crippen LogP contribution is 2.27. The van der Waals surface area contributed by atoms with Gasteiger partial charge >= 0.3 is 5.69 Å². The van der Waals surface area contributed by atoms with Crippen molar-refractivity contribution in [2.45, 2.75) is 46.0 Å². The molecule has 0 unspecified atom stereocenters. The molecule has 0 aromatic heterocycles. The van der Waals surface area contributed by atoms with E-state index in [1.807, 2.05) is 12.1 Å². The number of diazo groups is 1. The van der Waals surface area contributed by atoms with Crippen LogP contribution in [0.5, 0.6) is 0 Å². The molecular weight excluding hydrogens is 256 g/mol. The summed E-state index contributed by atoms with van der Waals surface area (Å²) in [6.45, 7) is 4.45. The van der Waals surface area contributed by atoms with Gasteiger partial charge in [0.2, 0.25) is 5.39 Å². The van der Waals surface area contributed by atoms with Crippen molar-refractivity contribution in [2.24, 2.45) is 0 Å². The fraction of sp³-hybridized carbons (Fsp3) is 0.368. The number of fused-ring (bicyclic) bond motifs is 4. The average molecular weight is 277 g/mol. The van der Waals surface area contributed by atoms with Crippen LogP contribution in [0.3, 0.4) is 0 Å². The summed E-state index contributed by atoms with van der Waals surface area (Å²) in [5.74, 6) is 0. The van der Waals surface area contributed by atoms with Gasteiger partial charge in [-0.05, 0) is 79.3 Å². The Labute approximate surface area is 126 Å². The van der Waals surface area contributed by atoms with Gasteiger partial charge in [0.25, 0.3) is 0 Å². The maximum Gasteiger partial charge on any atom is 0.385 e. The van der Waals surface area contributed by atoms with Gasteiger partial charge in [-0.1, -0.05) is 18.2 Å². The molecule has 0 saturated carbocycles. The van der Waals surface area contributed by atoms with E-state index in [1.165, 1.54) is 33.4 Å². The molecule has 106 valence electrons. The van der Waals surface area contributed by atoms with E-state index in [9.17, 15) is 0 Å². The lowest BCUT2D eigenvalue weighted by atomic mass is 9.94. The van der Waals surface area contributed by atoms with E-state index in [-0.39, 0.29) is 0 Å². The second kappa shape index (κ2) is 5.69. The maximum atomic E-state index is 9.13. The predicted octanol–water partition coefficient (Wildman–Crippen LogP) is 5.06. The molecule has 1 aliphatic carbocycles. The molecule has 0 amide bonds. The number of nitrogens with zero attached hydrogens (tertiary/aromatic N) is 2. The highest BCUT2D eigenvalue weighted by molar-refractivity contribution is 5.53. The first-order valence-electron chi connectivity index (χ1n) is 7.74. The molecular formula is C19H21N2+. The highest BCUT2D eigenvalue weighted by atomic mass is 14.8. The maximum absolute atomic E-state index is 9.13. The largest absolute Gasteiger partial charge is 0.385 e. The van der Waals surface area contributed by atoms with Crippen LogP contribution in [0.25, 0.3) is 4.98 Å². The Morgan fingerprint density at radius 2 is 1.33 bits per heavy atom. The topological polar surface area (TPSA) is 28.1 Å². The Morgan fingerprint density at radius 3 is 2.05 bits per heavy atom. The lowest BCUT2D eigenvalue weighted by molar-refractivity contribution is 0.811. The fourth-order valence-corrected chi connectivity index (χ4v) is 3.42. The minimum absolute atomic E-state index is 0.688. The van der Waals surface area contributed by atoms with Crippen molar-refractivity contribution in [3.05, 3.63) is 68.7 Å². The van der Waals surface area contributed by atoms with Crippen molar-refractivity contribution < 1.29 is 0 Å². The van der Waals surface area contributed by atoms with Crippen LogP contribution in [0.15, 0.2) is 30.3 Å². The fourth-order valence-electron chi connectivity index (χ4n) is 3.42. The summed E-state index contributed by atoms with van der Waals surface area (Å²) in [5, 5.41) is 9.13. The first-order valence-corrected chi connectivity index (χ1v) is 7.74. The second-order valence-corrected chi connectivity index (χ2v) is 6.04. The molecule has 2 nitrogen and oxygen atoms in total. The van der Waals surface area contributed by atoms with Gasteiger partial charge in [0.1, 0.15) is 0 Å². The van der Waals surface area contributed by atoms with Crippen LogP contribution < -0.4 is 0 Å². The van der Waals surface area contributed by atoms with Gasteiger partial charge in [0.05, 0.1) is 0 Å². The van der Waals surface area contributed by atoms with Crippen molar-refractivity contribution in [3.8, 4) is 0 Å². The van der Waals surface area contributed by atoms with E-state index in [0.717, 1.165) is 32.1 Å². The van der Waals surface area contributed by atoms with Crippen LogP contribution in [0, 0.1) is 19.2 Å². The molecule has 2 aromatic carbocycles. The number of hydrogen-bond acceptors (Lipinski definition) is 1. The first kappa shape index (κ1) is 13.8. The molecule has 0 fully saturated rings.